The lowest BCUT2D eigenvalue weighted by molar-refractivity contribution is 0.184. The van der Waals surface area contributed by atoms with Gasteiger partial charge < -0.3 is 10.1 Å². The van der Waals surface area contributed by atoms with Crippen molar-refractivity contribution < 1.29 is 4.74 Å². The number of ether oxygens (including phenoxy) is 1. The molecule has 1 N–H and O–H groups in total. The zero-order valence-corrected chi connectivity index (χ0v) is 11.8. The third-order valence-corrected chi connectivity index (χ3v) is 4.33. The lowest BCUT2D eigenvalue weighted by atomic mass is 9.92. The van der Waals surface area contributed by atoms with Crippen molar-refractivity contribution in [3.8, 4) is 0 Å². The van der Waals surface area contributed by atoms with Crippen LogP contribution in [-0.4, -0.2) is 13.7 Å². The quantitative estimate of drug-likeness (QED) is 0.797. The van der Waals surface area contributed by atoms with Gasteiger partial charge in [-0.1, -0.05) is 38.1 Å². The van der Waals surface area contributed by atoms with Gasteiger partial charge in [-0.2, -0.15) is 0 Å². The van der Waals surface area contributed by atoms with Crippen LogP contribution in [0.25, 0.3) is 0 Å². The van der Waals surface area contributed by atoms with Gasteiger partial charge in [0, 0.05) is 20.2 Å². The van der Waals surface area contributed by atoms with Crippen molar-refractivity contribution >= 4 is 0 Å². The first-order chi connectivity index (χ1) is 8.68. The normalized spacial score (nSPS) is 17.1. The second kappa shape index (κ2) is 5.85. The van der Waals surface area contributed by atoms with E-state index in [1.807, 2.05) is 0 Å². The lowest BCUT2D eigenvalue weighted by Crippen LogP contribution is -2.27. The average molecular weight is 247 g/mol. The van der Waals surface area contributed by atoms with Crippen molar-refractivity contribution in [1.82, 2.24) is 5.32 Å². The second-order valence-electron chi connectivity index (χ2n) is 5.82. The van der Waals surface area contributed by atoms with Gasteiger partial charge in [0.05, 0.1) is 6.61 Å². The third-order valence-electron chi connectivity index (χ3n) is 4.33. The van der Waals surface area contributed by atoms with Crippen LogP contribution >= 0.6 is 0 Å². The SMILES string of the molecule is COCc1ccccc1CNCC1(C(C)C)CC1. The second-order valence-corrected chi connectivity index (χ2v) is 5.82. The van der Waals surface area contributed by atoms with E-state index in [0.717, 1.165) is 19.0 Å². The van der Waals surface area contributed by atoms with Gasteiger partial charge in [0.2, 0.25) is 0 Å². The van der Waals surface area contributed by atoms with Crippen LogP contribution in [0.1, 0.15) is 37.8 Å². The molecule has 1 fully saturated rings. The third kappa shape index (κ3) is 3.12. The topological polar surface area (TPSA) is 21.3 Å². The van der Waals surface area contributed by atoms with E-state index in [0.29, 0.717) is 12.0 Å². The summed E-state index contributed by atoms with van der Waals surface area (Å²) in [6.07, 6.45) is 2.77. The predicted octanol–water partition coefficient (Wildman–Crippen LogP) is 3.36. The van der Waals surface area contributed by atoms with Crippen LogP contribution in [0.3, 0.4) is 0 Å². The maximum Gasteiger partial charge on any atom is 0.0716 e. The molecule has 0 heterocycles. The van der Waals surface area contributed by atoms with Crippen molar-refractivity contribution in [2.24, 2.45) is 11.3 Å². The first-order valence-corrected chi connectivity index (χ1v) is 6.94. The summed E-state index contributed by atoms with van der Waals surface area (Å²) >= 11 is 0. The molecule has 2 heteroatoms. The summed E-state index contributed by atoms with van der Waals surface area (Å²) in [7, 11) is 1.75. The minimum Gasteiger partial charge on any atom is -0.380 e. The molecular weight excluding hydrogens is 222 g/mol. The van der Waals surface area contributed by atoms with E-state index in [2.05, 4.69) is 43.4 Å². The van der Waals surface area contributed by atoms with E-state index >= 15 is 0 Å². The number of rotatable bonds is 7. The summed E-state index contributed by atoms with van der Waals surface area (Å²) in [6.45, 7) is 7.48. The molecule has 0 amide bonds. The van der Waals surface area contributed by atoms with E-state index in [4.69, 9.17) is 4.74 Å². The Bertz CT molecular complexity index is 382. The van der Waals surface area contributed by atoms with Gasteiger partial charge in [0.25, 0.3) is 0 Å². The molecule has 1 aromatic carbocycles. The fraction of sp³-hybridized carbons (Fsp3) is 0.625. The summed E-state index contributed by atoms with van der Waals surface area (Å²) in [5.41, 5.74) is 3.23. The molecule has 18 heavy (non-hydrogen) atoms. The first kappa shape index (κ1) is 13.6. The number of methoxy groups -OCH3 is 1. The lowest BCUT2D eigenvalue weighted by Gasteiger charge is -2.20. The monoisotopic (exact) mass is 247 g/mol. The molecule has 0 atom stereocenters. The highest BCUT2D eigenvalue weighted by molar-refractivity contribution is 5.26. The number of hydrogen-bond acceptors (Lipinski definition) is 2. The number of nitrogens with one attached hydrogen (secondary N) is 1. The molecule has 0 saturated heterocycles. The summed E-state index contributed by atoms with van der Waals surface area (Å²) in [5.74, 6) is 0.791. The van der Waals surface area contributed by atoms with Gasteiger partial charge in [-0.25, -0.2) is 0 Å². The van der Waals surface area contributed by atoms with Crippen molar-refractivity contribution in [1.29, 1.82) is 0 Å². The van der Waals surface area contributed by atoms with Crippen LogP contribution in [-0.2, 0) is 17.9 Å². The molecule has 1 aliphatic carbocycles. The Balaban J connectivity index is 1.87. The van der Waals surface area contributed by atoms with Gasteiger partial charge in [0.1, 0.15) is 0 Å². The smallest absolute Gasteiger partial charge is 0.0716 e. The van der Waals surface area contributed by atoms with Crippen molar-refractivity contribution in [2.45, 2.75) is 39.8 Å². The maximum atomic E-state index is 5.24. The molecule has 0 bridgehead atoms. The summed E-state index contributed by atoms with van der Waals surface area (Å²) in [6, 6.07) is 8.52. The molecule has 0 aliphatic heterocycles. The Morgan fingerprint density at radius 1 is 1.22 bits per heavy atom. The van der Waals surface area contributed by atoms with Gasteiger partial charge in [-0.05, 0) is 35.3 Å². The van der Waals surface area contributed by atoms with Crippen LogP contribution in [0, 0.1) is 11.3 Å². The van der Waals surface area contributed by atoms with Crippen LogP contribution in [0.15, 0.2) is 24.3 Å². The maximum absolute atomic E-state index is 5.24. The molecule has 1 aromatic rings. The Labute approximate surface area is 111 Å². The minimum atomic E-state index is 0.580. The van der Waals surface area contributed by atoms with Crippen LogP contribution < -0.4 is 5.32 Å². The molecule has 0 spiro atoms. The molecular formula is C16H25NO. The van der Waals surface area contributed by atoms with E-state index in [-0.39, 0.29) is 0 Å². The van der Waals surface area contributed by atoms with Gasteiger partial charge in [-0.15, -0.1) is 0 Å². The van der Waals surface area contributed by atoms with Crippen LogP contribution in [0.5, 0.6) is 0 Å². The van der Waals surface area contributed by atoms with E-state index in [1.54, 1.807) is 7.11 Å². The number of benzene rings is 1. The fourth-order valence-electron chi connectivity index (χ4n) is 2.59. The van der Waals surface area contributed by atoms with Crippen LogP contribution in [0.4, 0.5) is 0 Å². The molecule has 100 valence electrons. The number of hydrogen-bond donors (Lipinski definition) is 1. The largest absolute Gasteiger partial charge is 0.380 e. The highest BCUT2D eigenvalue weighted by Crippen LogP contribution is 2.51. The van der Waals surface area contributed by atoms with Crippen molar-refractivity contribution in [2.75, 3.05) is 13.7 Å². The van der Waals surface area contributed by atoms with Gasteiger partial charge in [-0.3, -0.25) is 0 Å². The minimum absolute atomic E-state index is 0.580. The first-order valence-electron chi connectivity index (χ1n) is 6.94. The Hall–Kier alpha value is -0.860. The molecule has 0 aromatic heterocycles. The Morgan fingerprint density at radius 2 is 1.89 bits per heavy atom. The average Bonchev–Trinajstić information content (AvgIpc) is 3.13. The molecule has 0 radical (unpaired) electrons. The Morgan fingerprint density at radius 3 is 2.44 bits per heavy atom. The highest BCUT2D eigenvalue weighted by Gasteiger charge is 2.44. The zero-order chi connectivity index (χ0) is 13.0. The summed E-state index contributed by atoms with van der Waals surface area (Å²) in [4.78, 5) is 0. The molecule has 1 saturated carbocycles. The predicted molar refractivity (Wildman–Crippen MR) is 75.4 cm³/mol. The van der Waals surface area contributed by atoms with Gasteiger partial charge >= 0.3 is 0 Å². The van der Waals surface area contributed by atoms with E-state index in [9.17, 15) is 0 Å². The molecule has 0 unspecified atom stereocenters. The molecule has 2 nitrogen and oxygen atoms in total. The van der Waals surface area contributed by atoms with Crippen molar-refractivity contribution in [3.05, 3.63) is 35.4 Å². The fourth-order valence-corrected chi connectivity index (χ4v) is 2.59. The molecule has 2 rings (SSSR count). The standard InChI is InChI=1S/C16H25NO/c1-13(2)16(8-9-16)12-17-10-14-6-4-5-7-15(14)11-18-3/h4-7,13,17H,8-12H2,1-3H3. The summed E-state index contributed by atoms with van der Waals surface area (Å²) < 4.78 is 5.24. The Kier molecular flexibility index (Phi) is 4.41. The van der Waals surface area contributed by atoms with Crippen LogP contribution in [0.2, 0.25) is 0 Å². The highest BCUT2D eigenvalue weighted by atomic mass is 16.5. The zero-order valence-electron chi connectivity index (χ0n) is 11.8. The van der Waals surface area contributed by atoms with Gasteiger partial charge in [0.15, 0.2) is 0 Å². The molecule has 1 aliphatic rings. The van der Waals surface area contributed by atoms with E-state index in [1.165, 1.54) is 24.0 Å². The van der Waals surface area contributed by atoms with E-state index < -0.39 is 0 Å². The van der Waals surface area contributed by atoms with Crippen molar-refractivity contribution in [3.63, 3.8) is 0 Å². The summed E-state index contributed by atoms with van der Waals surface area (Å²) in [5, 5.41) is 3.63.